The van der Waals surface area contributed by atoms with Crippen LogP contribution in [0.25, 0.3) is 0 Å². The Morgan fingerprint density at radius 1 is 1.38 bits per heavy atom. The summed E-state index contributed by atoms with van der Waals surface area (Å²) in [5.74, 6) is 0.385. The Labute approximate surface area is 138 Å². The van der Waals surface area contributed by atoms with Crippen LogP contribution in [0.2, 0.25) is 0 Å². The van der Waals surface area contributed by atoms with E-state index in [4.69, 9.17) is 14.7 Å². The maximum absolute atomic E-state index is 11.7. The summed E-state index contributed by atoms with van der Waals surface area (Å²) in [6, 6.07) is 13.2. The largest absolute Gasteiger partial charge is 0.507 e. The molecule has 0 bridgehead atoms. The summed E-state index contributed by atoms with van der Waals surface area (Å²) < 4.78 is 10.3. The second-order valence-corrected chi connectivity index (χ2v) is 4.61. The smallest absolute Gasteiger partial charge is 0.277 e. The van der Waals surface area contributed by atoms with Gasteiger partial charge in [0.15, 0.2) is 6.61 Å². The maximum atomic E-state index is 11.7. The van der Waals surface area contributed by atoms with Gasteiger partial charge in [0.05, 0.1) is 18.9 Å². The number of phenolic OH excluding ortho intramolecular Hbond substituents is 1. The Morgan fingerprint density at radius 3 is 2.92 bits per heavy atom. The summed E-state index contributed by atoms with van der Waals surface area (Å²) in [6.07, 6.45) is 1.29. The minimum absolute atomic E-state index is 0.00740. The number of hydrazone groups is 1. The predicted octanol–water partition coefficient (Wildman–Crippen LogP) is 1.80. The average Bonchev–Trinajstić information content (AvgIpc) is 2.61. The first-order valence-corrected chi connectivity index (χ1v) is 6.95. The zero-order valence-electron chi connectivity index (χ0n) is 12.9. The zero-order valence-corrected chi connectivity index (χ0v) is 12.9. The average molecular weight is 325 g/mol. The molecule has 7 nitrogen and oxygen atoms in total. The minimum Gasteiger partial charge on any atom is -0.507 e. The van der Waals surface area contributed by atoms with Crippen molar-refractivity contribution in [3.63, 3.8) is 0 Å². The summed E-state index contributed by atoms with van der Waals surface area (Å²) in [5.41, 5.74) is 3.01. The van der Waals surface area contributed by atoms with Gasteiger partial charge in [0.25, 0.3) is 5.91 Å². The molecule has 122 valence electrons. The Morgan fingerprint density at radius 2 is 2.17 bits per heavy atom. The van der Waals surface area contributed by atoms with Crippen LogP contribution in [-0.2, 0) is 4.79 Å². The van der Waals surface area contributed by atoms with Crippen LogP contribution in [0.5, 0.6) is 17.2 Å². The minimum atomic E-state index is -0.499. The SMILES string of the molecule is COc1ccc(O)c(/C=N\NC(=O)COc2ccccc2C#N)c1. The molecule has 2 aromatic rings. The molecule has 0 unspecified atom stereocenters. The summed E-state index contributed by atoms with van der Waals surface area (Å²) in [5, 5.41) is 22.4. The van der Waals surface area contributed by atoms with Crippen molar-refractivity contribution in [1.82, 2.24) is 5.43 Å². The van der Waals surface area contributed by atoms with Crippen molar-refractivity contribution in [2.45, 2.75) is 0 Å². The highest BCUT2D eigenvalue weighted by Crippen LogP contribution is 2.21. The normalized spacial score (nSPS) is 10.2. The van der Waals surface area contributed by atoms with Gasteiger partial charge in [0.2, 0.25) is 0 Å². The van der Waals surface area contributed by atoms with Crippen LogP contribution >= 0.6 is 0 Å². The van der Waals surface area contributed by atoms with Crippen molar-refractivity contribution < 1.29 is 19.4 Å². The van der Waals surface area contributed by atoms with Crippen molar-refractivity contribution in [3.8, 4) is 23.3 Å². The van der Waals surface area contributed by atoms with E-state index in [1.165, 1.54) is 19.4 Å². The standard InChI is InChI=1S/C17H15N3O4/c1-23-14-6-7-15(21)13(8-14)10-19-20-17(22)11-24-16-5-3-2-4-12(16)9-18/h2-8,10,21H,11H2,1H3,(H,20,22)/b19-10-. The maximum Gasteiger partial charge on any atom is 0.277 e. The van der Waals surface area contributed by atoms with Crippen molar-refractivity contribution in [2.24, 2.45) is 5.10 Å². The van der Waals surface area contributed by atoms with Gasteiger partial charge in [-0.25, -0.2) is 5.43 Å². The number of para-hydroxylation sites is 1. The van der Waals surface area contributed by atoms with Crippen LogP contribution in [-0.4, -0.2) is 30.9 Å². The van der Waals surface area contributed by atoms with Gasteiger partial charge in [-0.3, -0.25) is 4.79 Å². The van der Waals surface area contributed by atoms with Crippen LogP contribution < -0.4 is 14.9 Å². The predicted molar refractivity (Wildman–Crippen MR) is 87.0 cm³/mol. The molecule has 0 aliphatic heterocycles. The monoisotopic (exact) mass is 325 g/mol. The summed E-state index contributed by atoms with van der Waals surface area (Å²) in [4.78, 5) is 11.7. The number of phenols is 1. The first kappa shape index (κ1) is 16.8. The molecule has 0 atom stereocenters. The van der Waals surface area contributed by atoms with Crippen molar-refractivity contribution in [1.29, 1.82) is 5.26 Å². The van der Waals surface area contributed by atoms with Gasteiger partial charge in [-0.2, -0.15) is 10.4 Å². The number of amides is 1. The highest BCUT2D eigenvalue weighted by molar-refractivity contribution is 5.85. The molecule has 0 aliphatic rings. The fourth-order valence-corrected chi connectivity index (χ4v) is 1.80. The van der Waals surface area contributed by atoms with Crippen molar-refractivity contribution in [2.75, 3.05) is 13.7 Å². The summed E-state index contributed by atoms with van der Waals surface area (Å²) in [6.45, 7) is -0.292. The zero-order chi connectivity index (χ0) is 17.4. The topological polar surface area (TPSA) is 104 Å². The number of nitrogens with zero attached hydrogens (tertiary/aromatic N) is 2. The lowest BCUT2D eigenvalue weighted by molar-refractivity contribution is -0.123. The molecule has 0 saturated heterocycles. The highest BCUT2D eigenvalue weighted by atomic mass is 16.5. The molecule has 0 fully saturated rings. The van der Waals surface area contributed by atoms with Gasteiger partial charge in [0, 0.05) is 5.56 Å². The van der Waals surface area contributed by atoms with Crippen LogP contribution in [0.15, 0.2) is 47.6 Å². The Balaban J connectivity index is 1.90. The molecule has 0 spiro atoms. The van der Waals surface area contributed by atoms with Gasteiger partial charge in [-0.05, 0) is 30.3 Å². The molecule has 2 rings (SSSR count). The lowest BCUT2D eigenvalue weighted by atomic mass is 10.2. The molecule has 1 amide bonds. The second-order valence-electron chi connectivity index (χ2n) is 4.61. The van der Waals surface area contributed by atoms with E-state index < -0.39 is 5.91 Å². The first-order chi connectivity index (χ1) is 11.6. The summed E-state index contributed by atoms with van der Waals surface area (Å²) in [7, 11) is 1.51. The van der Waals surface area contributed by atoms with Crippen LogP contribution in [0.4, 0.5) is 0 Å². The van der Waals surface area contributed by atoms with E-state index in [1.807, 2.05) is 6.07 Å². The Hall–Kier alpha value is -3.53. The third-order valence-electron chi connectivity index (χ3n) is 2.99. The van der Waals surface area contributed by atoms with E-state index in [0.29, 0.717) is 22.6 Å². The molecule has 2 aromatic carbocycles. The summed E-state index contributed by atoms with van der Waals surface area (Å²) >= 11 is 0. The van der Waals surface area contributed by atoms with Crippen LogP contribution in [0.1, 0.15) is 11.1 Å². The number of nitriles is 1. The van der Waals surface area contributed by atoms with Gasteiger partial charge in [-0.1, -0.05) is 12.1 Å². The number of hydrogen-bond donors (Lipinski definition) is 2. The molecule has 7 heteroatoms. The molecule has 24 heavy (non-hydrogen) atoms. The number of aromatic hydroxyl groups is 1. The molecule has 0 heterocycles. The number of hydrogen-bond acceptors (Lipinski definition) is 6. The van der Waals surface area contributed by atoms with E-state index in [9.17, 15) is 9.90 Å². The number of nitrogens with one attached hydrogen (secondary N) is 1. The second kappa shape index (κ2) is 8.19. The molecular weight excluding hydrogens is 310 g/mol. The van der Waals surface area contributed by atoms with E-state index in [2.05, 4.69) is 10.5 Å². The van der Waals surface area contributed by atoms with Gasteiger partial charge in [0.1, 0.15) is 23.3 Å². The van der Waals surface area contributed by atoms with Gasteiger partial charge in [-0.15, -0.1) is 0 Å². The lowest BCUT2D eigenvalue weighted by Gasteiger charge is -2.06. The number of carbonyl (C=O) groups is 1. The fourth-order valence-electron chi connectivity index (χ4n) is 1.80. The number of carbonyl (C=O) groups excluding carboxylic acids is 1. The lowest BCUT2D eigenvalue weighted by Crippen LogP contribution is -2.24. The quantitative estimate of drug-likeness (QED) is 0.622. The highest BCUT2D eigenvalue weighted by Gasteiger charge is 2.06. The van der Waals surface area contributed by atoms with Crippen LogP contribution in [0, 0.1) is 11.3 Å². The van der Waals surface area contributed by atoms with E-state index in [1.54, 1.807) is 36.4 Å². The van der Waals surface area contributed by atoms with Crippen molar-refractivity contribution in [3.05, 3.63) is 53.6 Å². The van der Waals surface area contributed by atoms with E-state index in [0.717, 1.165) is 0 Å². The number of ether oxygens (including phenoxy) is 2. The Kier molecular flexibility index (Phi) is 5.75. The van der Waals surface area contributed by atoms with Crippen molar-refractivity contribution >= 4 is 12.1 Å². The van der Waals surface area contributed by atoms with Gasteiger partial charge >= 0.3 is 0 Å². The first-order valence-electron chi connectivity index (χ1n) is 6.95. The molecule has 0 radical (unpaired) electrons. The van der Waals surface area contributed by atoms with E-state index >= 15 is 0 Å². The number of methoxy groups -OCH3 is 1. The third-order valence-corrected chi connectivity index (χ3v) is 2.99. The third kappa shape index (κ3) is 4.48. The van der Waals surface area contributed by atoms with Gasteiger partial charge < -0.3 is 14.6 Å². The fraction of sp³-hybridized carbons (Fsp3) is 0.118. The van der Waals surface area contributed by atoms with E-state index in [-0.39, 0.29) is 12.4 Å². The number of benzene rings is 2. The molecule has 0 aromatic heterocycles. The van der Waals surface area contributed by atoms with Crippen LogP contribution in [0.3, 0.4) is 0 Å². The Bertz CT molecular complexity index is 797. The number of rotatable bonds is 6. The molecule has 0 aliphatic carbocycles. The molecular formula is C17H15N3O4. The molecule has 0 saturated carbocycles. The molecule has 2 N–H and O–H groups in total.